The molecule has 0 saturated heterocycles. The lowest BCUT2D eigenvalue weighted by Crippen LogP contribution is -2.50. The molecule has 1 N–H and O–H groups in total. The zero-order chi connectivity index (χ0) is 23.7. The Morgan fingerprint density at radius 2 is 1.75 bits per heavy atom. The average Bonchev–Trinajstić information content (AvgIpc) is 2.73. The Kier molecular flexibility index (Phi) is 10.3. The zero-order valence-electron chi connectivity index (χ0n) is 19.2. The lowest BCUT2D eigenvalue weighted by Gasteiger charge is -2.31. The highest BCUT2D eigenvalue weighted by atomic mass is 35.5. The zero-order valence-corrected chi connectivity index (χ0v) is 20.7. The Bertz CT molecular complexity index is 913. The highest BCUT2D eigenvalue weighted by Gasteiger charge is 2.29. The van der Waals surface area contributed by atoms with Crippen molar-refractivity contribution in [3.05, 3.63) is 63.1 Å². The Hall–Kier alpha value is -2.24. The summed E-state index contributed by atoms with van der Waals surface area (Å²) < 4.78 is 5.79. The quantitative estimate of drug-likeness (QED) is 0.420. The molecule has 0 heterocycles. The molecule has 0 radical (unpaired) electrons. The molecule has 0 spiro atoms. The Labute approximate surface area is 201 Å². The van der Waals surface area contributed by atoms with E-state index < -0.39 is 6.04 Å². The van der Waals surface area contributed by atoms with Crippen molar-refractivity contribution in [1.29, 1.82) is 0 Å². The first-order valence-electron chi connectivity index (χ1n) is 11.0. The molecule has 0 bridgehead atoms. The van der Waals surface area contributed by atoms with E-state index in [1.165, 1.54) is 0 Å². The monoisotopic (exact) mass is 478 g/mol. The second kappa shape index (κ2) is 12.7. The van der Waals surface area contributed by atoms with Crippen molar-refractivity contribution < 1.29 is 14.3 Å². The number of amides is 2. The van der Waals surface area contributed by atoms with E-state index in [1.54, 1.807) is 23.1 Å². The third kappa shape index (κ3) is 7.72. The number of rotatable bonds is 11. The molecule has 2 amide bonds. The van der Waals surface area contributed by atoms with Crippen LogP contribution in [0.25, 0.3) is 0 Å². The van der Waals surface area contributed by atoms with E-state index in [0.29, 0.717) is 28.8 Å². The first kappa shape index (κ1) is 26.0. The van der Waals surface area contributed by atoms with E-state index in [1.807, 2.05) is 39.0 Å². The van der Waals surface area contributed by atoms with Crippen LogP contribution in [0.15, 0.2) is 36.4 Å². The molecule has 2 rings (SSSR count). The van der Waals surface area contributed by atoms with Crippen LogP contribution in [0.3, 0.4) is 0 Å². The van der Waals surface area contributed by atoms with Gasteiger partial charge < -0.3 is 15.0 Å². The van der Waals surface area contributed by atoms with Crippen molar-refractivity contribution in [3.63, 3.8) is 0 Å². The van der Waals surface area contributed by atoms with E-state index in [0.717, 1.165) is 29.5 Å². The number of carbonyl (C=O) groups excluding carboxylic acids is 2. The number of hydrogen-bond donors (Lipinski definition) is 1. The number of nitrogens with one attached hydrogen (secondary N) is 1. The minimum atomic E-state index is -0.631. The van der Waals surface area contributed by atoms with Crippen molar-refractivity contribution in [2.45, 2.75) is 59.5 Å². The summed E-state index contributed by atoms with van der Waals surface area (Å²) in [5.41, 5.74) is 2.83. The van der Waals surface area contributed by atoms with Crippen LogP contribution in [0.1, 0.15) is 49.8 Å². The summed E-state index contributed by atoms with van der Waals surface area (Å²) >= 11 is 12.4. The van der Waals surface area contributed by atoms with Crippen LogP contribution >= 0.6 is 23.2 Å². The molecule has 174 valence electrons. The van der Waals surface area contributed by atoms with E-state index in [9.17, 15) is 9.59 Å². The predicted molar refractivity (Wildman–Crippen MR) is 130 cm³/mol. The molecule has 7 heteroatoms. The molecule has 2 aromatic carbocycles. The number of hydrogen-bond acceptors (Lipinski definition) is 3. The van der Waals surface area contributed by atoms with Gasteiger partial charge in [-0.05, 0) is 67.6 Å². The third-order valence-corrected chi connectivity index (χ3v) is 5.72. The standard InChI is InChI=1S/C25H32Cl2N2O3/c1-5-7-10-28-25(31)23(6-2)29(15-19-8-9-20(26)14-22(19)27)24(30)16-32-21-12-17(3)11-18(4)13-21/h8-9,11-14,23H,5-7,10,15-16H2,1-4H3,(H,28,31). The fourth-order valence-corrected chi connectivity index (χ4v) is 3.97. The van der Waals surface area contributed by atoms with E-state index in [2.05, 4.69) is 12.2 Å². The van der Waals surface area contributed by atoms with Crippen LogP contribution < -0.4 is 10.1 Å². The Morgan fingerprint density at radius 3 is 2.34 bits per heavy atom. The molecule has 0 aliphatic heterocycles. The largest absolute Gasteiger partial charge is 0.484 e. The van der Waals surface area contributed by atoms with E-state index in [4.69, 9.17) is 27.9 Å². The lowest BCUT2D eigenvalue weighted by atomic mass is 10.1. The maximum absolute atomic E-state index is 13.3. The number of benzene rings is 2. The van der Waals surface area contributed by atoms with Gasteiger partial charge >= 0.3 is 0 Å². The van der Waals surface area contributed by atoms with Crippen LogP contribution in [0.4, 0.5) is 0 Å². The molecule has 0 aliphatic carbocycles. The van der Waals surface area contributed by atoms with Gasteiger partial charge in [0.15, 0.2) is 6.61 Å². The fraction of sp³-hybridized carbons (Fsp3) is 0.440. The topological polar surface area (TPSA) is 58.6 Å². The average molecular weight is 479 g/mol. The van der Waals surface area contributed by atoms with Gasteiger partial charge in [-0.3, -0.25) is 9.59 Å². The Morgan fingerprint density at radius 1 is 1.06 bits per heavy atom. The van der Waals surface area contributed by atoms with Crippen LogP contribution in [0, 0.1) is 13.8 Å². The van der Waals surface area contributed by atoms with Gasteiger partial charge in [0.25, 0.3) is 5.91 Å². The predicted octanol–water partition coefficient (Wildman–Crippen LogP) is 5.71. The fourth-order valence-electron chi connectivity index (χ4n) is 3.50. The highest BCUT2D eigenvalue weighted by Crippen LogP contribution is 2.24. The molecule has 0 aliphatic rings. The summed E-state index contributed by atoms with van der Waals surface area (Å²) in [6, 6.07) is 10.3. The summed E-state index contributed by atoms with van der Waals surface area (Å²) in [6.45, 7) is 8.49. The van der Waals surface area contributed by atoms with Gasteiger partial charge in [-0.1, -0.05) is 55.6 Å². The first-order valence-corrected chi connectivity index (χ1v) is 11.7. The summed E-state index contributed by atoms with van der Waals surface area (Å²) in [7, 11) is 0. The van der Waals surface area contributed by atoms with Crippen molar-refractivity contribution in [2.24, 2.45) is 0 Å². The number of halogens is 2. The second-order valence-electron chi connectivity index (χ2n) is 7.94. The normalized spacial score (nSPS) is 11.7. The van der Waals surface area contributed by atoms with E-state index >= 15 is 0 Å². The van der Waals surface area contributed by atoms with Gasteiger partial charge in [-0.2, -0.15) is 0 Å². The van der Waals surface area contributed by atoms with Gasteiger partial charge in [0.2, 0.25) is 5.91 Å². The summed E-state index contributed by atoms with van der Waals surface area (Å²) in [6.07, 6.45) is 2.33. The number of unbranched alkanes of at least 4 members (excludes halogenated alkanes) is 1. The minimum absolute atomic E-state index is 0.174. The maximum atomic E-state index is 13.3. The number of carbonyl (C=O) groups is 2. The molecule has 0 saturated carbocycles. The molecular formula is C25H32Cl2N2O3. The smallest absolute Gasteiger partial charge is 0.261 e. The molecule has 0 fully saturated rings. The van der Waals surface area contributed by atoms with Crippen molar-refractivity contribution >= 4 is 35.0 Å². The third-order valence-electron chi connectivity index (χ3n) is 5.13. The van der Waals surface area contributed by atoms with Gasteiger partial charge in [-0.15, -0.1) is 0 Å². The second-order valence-corrected chi connectivity index (χ2v) is 8.78. The van der Waals surface area contributed by atoms with Crippen molar-refractivity contribution in [1.82, 2.24) is 10.2 Å². The first-order chi connectivity index (χ1) is 15.2. The van der Waals surface area contributed by atoms with Crippen LogP contribution in [-0.2, 0) is 16.1 Å². The number of aryl methyl sites for hydroxylation is 2. The molecular weight excluding hydrogens is 447 g/mol. The molecule has 0 aromatic heterocycles. The molecule has 2 aromatic rings. The highest BCUT2D eigenvalue weighted by molar-refractivity contribution is 6.35. The molecule has 5 nitrogen and oxygen atoms in total. The summed E-state index contributed by atoms with van der Waals surface area (Å²) in [4.78, 5) is 27.7. The van der Waals surface area contributed by atoms with Crippen molar-refractivity contribution in [2.75, 3.05) is 13.2 Å². The van der Waals surface area contributed by atoms with Crippen LogP contribution in [-0.4, -0.2) is 35.9 Å². The van der Waals surface area contributed by atoms with Gasteiger partial charge in [-0.25, -0.2) is 0 Å². The Balaban J connectivity index is 2.24. The number of nitrogens with zero attached hydrogens (tertiary/aromatic N) is 1. The molecule has 32 heavy (non-hydrogen) atoms. The SMILES string of the molecule is CCCCNC(=O)C(CC)N(Cc1ccc(Cl)cc1Cl)C(=O)COc1cc(C)cc(C)c1. The lowest BCUT2D eigenvalue weighted by molar-refractivity contribution is -0.143. The van der Waals surface area contributed by atoms with Crippen LogP contribution in [0.2, 0.25) is 10.0 Å². The minimum Gasteiger partial charge on any atom is -0.484 e. The molecule has 1 atom stereocenters. The van der Waals surface area contributed by atoms with E-state index in [-0.39, 0.29) is 25.0 Å². The van der Waals surface area contributed by atoms with Crippen molar-refractivity contribution in [3.8, 4) is 5.75 Å². The van der Waals surface area contributed by atoms with Gasteiger partial charge in [0, 0.05) is 23.1 Å². The van der Waals surface area contributed by atoms with Gasteiger partial charge in [0.1, 0.15) is 11.8 Å². The summed E-state index contributed by atoms with van der Waals surface area (Å²) in [5, 5.41) is 3.90. The maximum Gasteiger partial charge on any atom is 0.261 e. The van der Waals surface area contributed by atoms with Gasteiger partial charge in [0.05, 0.1) is 0 Å². The van der Waals surface area contributed by atoms with Crippen LogP contribution in [0.5, 0.6) is 5.75 Å². The summed E-state index contributed by atoms with van der Waals surface area (Å²) in [5.74, 6) is 0.166. The molecule has 1 unspecified atom stereocenters. The number of ether oxygens (including phenoxy) is 1.